The predicted octanol–water partition coefficient (Wildman–Crippen LogP) is 3.28. The molecule has 124 valence electrons. The number of nitriles is 1. The maximum atomic E-state index is 9.45. The number of nitrogen functional groups attached to an aromatic ring is 1. The molecule has 0 bridgehead atoms. The maximum Gasteiger partial charge on any atom is 0.161 e. The molecule has 0 radical (unpaired) electrons. The molecular formula is C19H16N4O2. The van der Waals surface area contributed by atoms with Crippen LogP contribution in [0.4, 0.5) is 5.82 Å². The van der Waals surface area contributed by atoms with Crippen molar-refractivity contribution in [1.82, 2.24) is 9.97 Å². The molecule has 0 amide bonds. The third-order valence-corrected chi connectivity index (χ3v) is 3.81. The van der Waals surface area contributed by atoms with Crippen LogP contribution in [-0.2, 0) is 0 Å². The smallest absolute Gasteiger partial charge is 0.161 e. The van der Waals surface area contributed by atoms with E-state index in [1.54, 1.807) is 32.7 Å². The third-order valence-electron chi connectivity index (χ3n) is 3.81. The number of benzene rings is 1. The Bertz CT molecular complexity index is 950. The highest BCUT2D eigenvalue weighted by Crippen LogP contribution is 2.35. The molecule has 6 heteroatoms. The minimum absolute atomic E-state index is 0.175. The van der Waals surface area contributed by atoms with E-state index in [-0.39, 0.29) is 5.82 Å². The Balaban J connectivity index is 2.19. The normalized spacial score (nSPS) is 10.1. The van der Waals surface area contributed by atoms with Gasteiger partial charge in [0.25, 0.3) is 0 Å². The minimum atomic E-state index is 0.175. The van der Waals surface area contributed by atoms with E-state index in [0.717, 1.165) is 11.1 Å². The topological polar surface area (TPSA) is 94.0 Å². The van der Waals surface area contributed by atoms with Crippen molar-refractivity contribution >= 4 is 5.82 Å². The summed E-state index contributed by atoms with van der Waals surface area (Å²) in [6.45, 7) is 0. The lowest BCUT2D eigenvalue weighted by molar-refractivity contribution is 0.355. The van der Waals surface area contributed by atoms with E-state index in [9.17, 15) is 5.26 Å². The summed E-state index contributed by atoms with van der Waals surface area (Å²) in [5.74, 6) is 1.39. The van der Waals surface area contributed by atoms with Crippen molar-refractivity contribution in [2.24, 2.45) is 0 Å². The van der Waals surface area contributed by atoms with Gasteiger partial charge >= 0.3 is 0 Å². The Hall–Kier alpha value is -3.59. The first-order valence-corrected chi connectivity index (χ1v) is 7.51. The zero-order valence-electron chi connectivity index (χ0n) is 13.9. The van der Waals surface area contributed by atoms with Crippen LogP contribution in [0.25, 0.3) is 22.4 Å². The lowest BCUT2D eigenvalue weighted by Gasteiger charge is -2.12. The van der Waals surface area contributed by atoms with Crippen molar-refractivity contribution in [2.75, 3.05) is 20.0 Å². The van der Waals surface area contributed by atoms with Crippen molar-refractivity contribution in [3.63, 3.8) is 0 Å². The highest BCUT2D eigenvalue weighted by atomic mass is 16.5. The molecule has 0 unspecified atom stereocenters. The molecule has 2 aromatic heterocycles. The van der Waals surface area contributed by atoms with E-state index in [4.69, 9.17) is 15.2 Å². The van der Waals surface area contributed by atoms with Gasteiger partial charge in [-0.15, -0.1) is 0 Å². The monoisotopic (exact) mass is 332 g/mol. The Morgan fingerprint density at radius 1 is 1.04 bits per heavy atom. The molecule has 3 rings (SSSR count). The van der Waals surface area contributed by atoms with Crippen LogP contribution in [0.5, 0.6) is 11.5 Å². The lowest BCUT2D eigenvalue weighted by atomic mass is 9.99. The first-order valence-electron chi connectivity index (χ1n) is 7.51. The molecule has 0 fully saturated rings. The Labute approximate surface area is 145 Å². The number of anilines is 1. The minimum Gasteiger partial charge on any atom is -0.493 e. The van der Waals surface area contributed by atoms with Gasteiger partial charge in [-0.05, 0) is 30.3 Å². The van der Waals surface area contributed by atoms with Gasteiger partial charge in [-0.1, -0.05) is 6.07 Å². The molecule has 2 heterocycles. The highest BCUT2D eigenvalue weighted by molar-refractivity contribution is 5.80. The van der Waals surface area contributed by atoms with Crippen molar-refractivity contribution in [2.45, 2.75) is 0 Å². The molecule has 3 aromatic rings. The summed E-state index contributed by atoms with van der Waals surface area (Å²) in [5, 5.41) is 9.45. The second kappa shape index (κ2) is 6.89. The Morgan fingerprint density at radius 3 is 2.48 bits per heavy atom. The zero-order chi connectivity index (χ0) is 17.8. The van der Waals surface area contributed by atoms with Crippen molar-refractivity contribution < 1.29 is 9.47 Å². The summed E-state index contributed by atoms with van der Waals surface area (Å²) in [5.41, 5.74) is 9.28. The van der Waals surface area contributed by atoms with Gasteiger partial charge in [-0.25, -0.2) is 4.98 Å². The van der Waals surface area contributed by atoms with Crippen LogP contribution in [-0.4, -0.2) is 24.2 Å². The Morgan fingerprint density at radius 2 is 1.84 bits per heavy atom. The van der Waals surface area contributed by atoms with Crippen LogP contribution >= 0.6 is 0 Å². The summed E-state index contributed by atoms with van der Waals surface area (Å²) >= 11 is 0. The predicted molar refractivity (Wildman–Crippen MR) is 95.1 cm³/mol. The maximum absolute atomic E-state index is 9.45. The van der Waals surface area contributed by atoms with Gasteiger partial charge < -0.3 is 15.2 Å². The number of methoxy groups -OCH3 is 2. The quantitative estimate of drug-likeness (QED) is 0.788. The number of nitrogens with zero attached hydrogens (tertiary/aromatic N) is 3. The highest BCUT2D eigenvalue weighted by Gasteiger charge is 2.15. The van der Waals surface area contributed by atoms with Gasteiger partial charge in [0.1, 0.15) is 17.5 Å². The molecule has 2 N–H and O–H groups in total. The molecule has 25 heavy (non-hydrogen) atoms. The molecule has 0 saturated heterocycles. The van der Waals surface area contributed by atoms with Gasteiger partial charge in [-0.2, -0.15) is 5.26 Å². The number of hydrogen-bond donors (Lipinski definition) is 1. The molecule has 1 aromatic carbocycles. The van der Waals surface area contributed by atoms with Crippen molar-refractivity contribution in [1.29, 1.82) is 5.26 Å². The summed E-state index contributed by atoms with van der Waals surface area (Å²) in [6.07, 6.45) is 3.36. The van der Waals surface area contributed by atoms with E-state index in [1.165, 1.54) is 0 Å². The summed E-state index contributed by atoms with van der Waals surface area (Å²) in [7, 11) is 3.15. The summed E-state index contributed by atoms with van der Waals surface area (Å²) in [6, 6.07) is 13.1. The number of aromatic nitrogens is 2. The van der Waals surface area contributed by atoms with Gasteiger partial charge in [0.15, 0.2) is 11.5 Å². The van der Waals surface area contributed by atoms with Gasteiger partial charge in [0.2, 0.25) is 0 Å². The van der Waals surface area contributed by atoms with E-state index in [0.29, 0.717) is 28.3 Å². The molecule has 0 saturated carbocycles. The van der Waals surface area contributed by atoms with Crippen LogP contribution in [0.2, 0.25) is 0 Å². The zero-order valence-corrected chi connectivity index (χ0v) is 13.9. The molecule has 0 atom stereocenters. The van der Waals surface area contributed by atoms with Crippen LogP contribution in [0.3, 0.4) is 0 Å². The van der Waals surface area contributed by atoms with Crippen molar-refractivity contribution in [3.8, 4) is 40.0 Å². The molecule has 0 spiro atoms. The van der Waals surface area contributed by atoms with Gasteiger partial charge in [0.05, 0.1) is 19.9 Å². The fourth-order valence-electron chi connectivity index (χ4n) is 2.58. The van der Waals surface area contributed by atoms with E-state index in [1.807, 2.05) is 30.3 Å². The second-order valence-corrected chi connectivity index (χ2v) is 5.24. The summed E-state index contributed by atoms with van der Waals surface area (Å²) < 4.78 is 10.6. The van der Waals surface area contributed by atoms with Crippen LogP contribution in [0, 0.1) is 11.3 Å². The SMILES string of the molecule is COc1ccc(-c2cc(-c3cccnc3)c(C#N)c(N)n2)cc1OC. The van der Waals surface area contributed by atoms with E-state index in [2.05, 4.69) is 16.0 Å². The number of rotatable bonds is 4. The van der Waals surface area contributed by atoms with E-state index < -0.39 is 0 Å². The average Bonchev–Trinajstić information content (AvgIpc) is 2.67. The fraction of sp³-hybridized carbons (Fsp3) is 0.105. The Kier molecular flexibility index (Phi) is 4.48. The molecule has 0 aliphatic rings. The number of pyridine rings is 2. The van der Waals surface area contributed by atoms with Crippen molar-refractivity contribution in [3.05, 3.63) is 54.4 Å². The fourth-order valence-corrected chi connectivity index (χ4v) is 2.58. The number of hydrogen-bond acceptors (Lipinski definition) is 6. The summed E-state index contributed by atoms with van der Waals surface area (Å²) in [4.78, 5) is 8.48. The largest absolute Gasteiger partial charge is 0.493 e. The lowest BCUT2D eigenvalue weighted by Crippen LogP contribution is -2.00. The molecular weight excluding hydrogens is 316 g/mol. The second-order valence-electron chi connectivity index (χ2n) is 5.24. The van der Waals surface area contributed by atoms with Crippen LogP contribution in [0.15, 0.2) is 48.8 Å². The molecule has 0 aliphatic heterocycles. The van der Waals surface area contributed by atoms with Gasteiger partial charge in [0, 0.05) is 29.1 Å². The van der Waals surface area contributed by atoms with Crippen LogP contribution < -0.4 is 15.2 Å². The first-order chi connectivity index (χ1) is 12.2. The van der Waals surface area contributed by atoms with Gasteiger partial charge in [-0.3, -0.25) is 4.98 Å². The van der Waals surface area contributed by atoms with E-state index >= 15 is 0 Å². The molecule has 0 aliphatic carbocycles. The number of nitrogens with two attached hydrogens (primary N) is 1. The van der Waals surface area contributed by atoms with Crippen LogP contribution in [0.1, 0.15) is 5.56 Å². The number of ether oxygens (including phenoxy) is 2. The molecule has 6 nitrogen and oxygen atoms in total. The first kappa shape index (κ1) is 16.3. The standard InChI is InChI=1S/C19H16N4O2/c1-24-17-6-5-12(8-18(17)25-2)16-9-14(13-4-3-7-22-11-13)15(10-20)19(21)23-16/h3-9,11H,1-2H3,(H2,21,23). The third kappa shape index (κ3) is 3.08. The average molecular weight is 332 g/mol.